The molecule has 0 saturated carbocycles. The molecule has 29 heavy (non-hydrogen) atoms. The predicted molar refractivity (Wildman–Crippen MR) is 109 cm³/mol. The normalized spacial score (nSPS) is 20.3. The Balaban J connectivity index is 1.60. The summed E-state index contributed by atoms with van der Waals surface area (Å²) in [5, 5.41) is -0.210. The van der Waals surface area contributed by atoms with Gasteiger partial charge in [0.05, 0.1) is 21.3 Å². The number of hydrogen-bond donors (Lipinski definition) is 0. The zero-order valence-corrected chi connectivity index (χ0v) is 17.4. The van der Waals surface area contributed by atoms with Gasteiger partial charge < -0.3 is 28.6 Å². The molecule has 2 aliphatic rings. The van der Waals surface area contributed by atoms with E-state index in [9.17, 15) is 4.79 Å². The third-order valence-electron chi connectivity index (χ3n) is 4.96. The summed E-state index contributed by atoms with van der Waals surface area (Å²) in [5.74, 6) is 3.77. The lowest BCUT2D eigenvalue weighted by molar-refractivity contribution is -0.141. The highest BCUT2D eigenvalue weighted by molar-refractivity contribution is 7.99. The van der Waals surface area contributed by atoms with Gasteiger partial charge in [0.1, 0.15) is 17.7 Å². The van der Waals surface area contributed by atoms with E-state index in [2.05, 4.69) is 0 Å². The summed E-state index contributed by atoms with van der Waals surface area (Å²) in [7, 11) is 4.77. The molecular formula is C21H23NO6S. The number of hydrogen-bond acceptors (Lipinski definition) is 7. The van der Waals surface area contributed by atoms with E-state index in [-0.39, 0.29) is 17.9 Å². The molecule has 154 valence electrons. The molecule has 0 bridgehead atoms. The molecule has 2 unspecified atom stereocenters. The fraction of sp³-hybridized carbons (Fsp3) is 0.381. The molecule has 0 aliphatic carbocycles. The van der Waals surface area contributed by atoms with E-state index >= 15 is 0 Å². The summed E-state index contributed by atoms with van der Waals surface area (Å²) in [5.41, 5.74) is 0.859. The number of ether oxygens (including phenoxy) is 5. The van der Waals surface area contributed by atoms with E-state index in [1.54, 1.807) is 39.2 Å². The van der Waals surface area contributed by atoms with E-state index in [1.807, 2.05) is 35.2 Å². The smallest absolute Gasteiger partial charge is 0.268 e. The van der Waals surface area contributed by atoms with Crippen molar-refractivity contribution in [2.24, 2.45) is 0 Å². The number of para-hydroxylation sites is 2. The minimum Gasteiger partial charge on any atom is -0.496 e. The minimum atomic E-state index is -0.683. The molecule has 0 radical (unpaired) electrons. The number of rotatable bonds is 5. The fourth-order valence-electron chi connectivity index (χ4n) is 3.53. The largest absolute Gasteiger partial charge is 0.496 e. The van der Waals surface area contributed by atoms with Crippen molar-refractivity contribution < 1.29 is 28.5 Å². The Labute approximate surface area is 173 Å². The predicted octanol–water partition coefficient (Wildman–Crippen LogP) is 3.13. The summed E-state index contributed by atoms with van der Waals surface area (Å²) in [4.78, 5) is 15.1. The highest BCUT2D eigenvalue weighted by Gasteiger charge is 2.39. The van der Waals surface area contributed by atoms with Crippen molar-refractivity contribution in [2.75, 3.05) is 40.2 Å². The first-order valence-corrected chi connectivity index (χ1v) is 10.3. The molecule has 1 amide bonds. The van der Waals surface area contributed by atoms with E-state index in [1.165, 1.54) is 0 Å². The van der Waals surface area contributed by atoms with Crippen LogP contribution in [0.2, 0.25) is 0 Å². The molecule has 1 fully saturated rings. The Hall–Kier alpha value is -2.74. The van der Waals surface area contributed by atoms with Gasteiger partial charge in [0.15, 0.2) is 23.0 Å². The van der Waals surface area contributed by atoms with Gasteiger partial charge in [0.25, 0.3) is 5.91 Å². The molecule has 2 heterocycles. The van der Waals surface area contributed by atoms with E-state index in [4.69, 9.17) is 23.7 Å². The first kappa shape index (κ1) is 19.6. The molecule has 7 nitrogen and oxygen atoms in total. The van der Waals surface area contributed by atoms with Gasteiger partial charge in [0.2, 0.25) is 6.10 Å². The zero-order chi connectivity index (χ0) is 20.4. The van der Waals surface area contributed by atoms with Crippen LogP contribution in [-0.4, -0.2) is 57.1 Å². The Morgan fingerprint density at radius 3 is 2.45 bits per heavy atom. The number of nitrogens with zero attached hydrogens (tertiary/aromatic N) is 1. The molecule has 2 aliphatic heterocycles. The highest BCUT2D eigenvalue weighted by Crippen LogP contribution is 2.46. The van der Waals surface area contributed by atoms with Crippen LogP contribution < -0.4 is 23.7 Å². The van der Waals surface area contributed by atoms with Crippen LogP contribution in [0.5, 0.6) is 28.7 Å². The molecular weight excluding hydrogens is 394 g/mol. The zero-order valence-electron chi connectivity index (χ0n) is 16.5. The number of carbonyl (C=O) groups excluding carboxylic acids is 1. The van der Waals surface area contributed by atoms with Crippen molar-refractivity contribution >= 4 is 17.7 Å². The number of benzene rings is 2. The van der Waals surface area contributed by atoms with Gasteiger partial charge in [-0.1, -0.05) is 12.1 Å². The van der Waals surface area contributed by atoms with Gasteiger partial charge in [-0.05, 0) is 18.2 Å². The highest BCUT2D eigenvalue weighted by atomic mass is 32.2. The van der Waals surface area contributed by atoms with Crippen LogP contribution in [0.1, 0.15) is 10.9 Å². The van der Waals surface area contributed by atoms with Gasteiger partial charge in [-0.2, -0.15) is 0 Å². The topological polar surface area (TPSA) is 66.5 Å². The summed E-state index contributed by atoms with van der Waals surface area (Å²) < 4.78 is 28.1. The van der Waals surface area contributed by atoms with Crippen molar-refractivity contribution in [1.29, 1.82) is 0 Å². The van der Waals surface area contributed by atoms with Crippen molar-refractivity contribution in [3.05, 3.63) is 42.0 Å². The Kier molecular flexibility index (Phi) is 5.62. The number of carbonyl (C=O) groups is 1. The number of amides is 1. The second-order valence-corrected chi connectivity index (χ2v) is 7.76. The fourth-order valence-corrected chi connectivity index (χ4v) is 4.80. The maximum absolute atomic E-state index is 13.3. The third kappa shape index (κ3) is 3.64. The van der Waals surface area contributed by atoms with E-state index in [0.29, 0.717) is 35.3 Å². The van der Waals surface area contributed by atoms with Crippen LogP contribution in [-0.2, 0) is 4.79 Å². The van der Waals surface area contributed by atoms with E-state index in [0.717, 1.165) is 11.3 Å². The summed E-state index contributed by atoms with van der Waals surface area (Å²) in [6.07, 6.45) is -0.683. The summed E-state index contributed by atoms with van der Waals surface area (Å²) in [6, 6.07) is 11.0. The second-order valence-electron chi connectivity index (χ2n) is 6.57. The lowest BCUT2D eigenvalue weighted by atomic mass is 10.1. The standard InChI is InChI=1S/C21H23NO6S/c1-24-16-11-18(26-3)17(25-2)10-13(16)21-22(8-9-29-21)20(23)19-12-27-14-6-4-5-7-15(14)28-19/h4-7,10-11,19,21H,8-9,12H2,1-3H3. The van der Waals surface area contributed by atoms with Crippen LogP contribution in [0, 0.1) is 0 Å². The monoisotopic (exact) mass is 417 g/mol. The quantitative estimate of drug-likeness (QED) is 0.740. The molecule has 2 atom stereocenters. The van der Waals surface area contributed by atoms with Gasteiger partial charge in [0, 0.05) is 23.9 Å². The molecule has 0 aromatic heterocycles. The first-order valence-electron chi connectivity index (χ1n) is 9.26. The van der Waals surface area contributed by atoms with Crippen LogP contribution >= 0.6 is 11.8 Å². The number of thioether (sulfide) groups is 1. The average Bonchev–Trinajstić information content (AvgIpc) is 3.26. The maximum atomic E-state index is 13.3. The van der Waals surface area contributed by atoms with Crippen LogP contribution in [0.4, 0.5) is 0 Å². The van der Waals surface area contributed by atoms with Gasteiger partial charge in [-0.15, -0.1) is 11.8 Å². The maximum Gasteiger partial charge on any atom is 0.268 e. The molecule has 1 saturated heterocycles. The Morgan fingerprint density at radius 2 is 1.72 bits per heavy atom. The van der Waals surface area contributed by atoms with E-state index < -0.39 is 6.10 Å². The average molecular weight is 417 g/mol. The number of fused-ring (bicyclic) bond motifs is 1. The van der Waals surface area contributed by atoms with Crippen LogP contribution in [0.25, 0.3) is 0 Å². The molecule has 8 heteroatoms. The second kappa shape index (κ2) is 8.32. The summed E-state index contributed by atoms with van der Waals surface area (Å²) in [6.45, 7) is 0.806. The Bertz CT molecular complexity index is 905. The van der Waals surface area contributed by atoms with Crippen molar-refractivity contribution in [1.82, 2.24) is 4.90 Å². The van der Waals surface area contributed by atoms with Gasteiger partial charge in [-0.25, -0.2) is 0 Å². The Morgan fingerprint density at radius 1 is 1.03 bits per heavy atom. The lowest BCUT2D eigenvalue weighted by Gasteiger charge is -2.32. The SMILES string of the molecule is COc1cc(OC)c(C2SCCN2C(=O)C2COc3ccccc3O2)cc1OC. The third-order valence-corrected chi connectivity index (χ3v) is 6.20. The summed E-state index contributed by atoms with van der Waals surface area (Å²) >= 11 is 1.68. The molecule has 2 aromatic rings. The molecule has 2 aromatic carbocycles. The van der Waals surface area contributed by atoms with Crippen molar-refractivity contribution in [3.8, 4) is 28.7 Å². The van der Waals surface area contributed by atoms with Crippen LogP contribution in [0.15, 0.2) is 36.4 Å². The molecule has 0 N–H and O–H groups in total. The minimum absolute atomic E-state index is 0.105. The van der Waals surface area contributed by atoms with Crippen molar-refractivity contribution in [3.63, 3.8) is 0 Å². The number of methoxy groups -OCH3 is 3. The van der Waals surface area contributed by atoms with Gasteiger partial charge in [-0.3, -0.25) is 4.79 Å². The molecule has 0 spiro atoms. The van der Waals surface area contributed by atoms with Crippen LogP contribution in [0.3, 0.4) is 0 Å². The van der Waals surface area contributed by atoms with Gasteiger partial charge >= 0.3 is 0 Å². The van der Waals surface area contributed by atoms with Crippen molar-refractivity contribution in [2.45, 2.75) is 11.5 Å². The first-order chi connectivity index (χ1) is 14.2. The lowest BCUT2D eigenvalue weighted by Crippen LogP contribution is -2.46. The molecule has 4 rings (SSSR count).